The molecule has 0 aliphatic heterocycles. The molecule has 0 saturated heterocycles. The van der Waals surface area contributed by atoms with Crippen molar-refractivity contribution in [1.82, 2.24) is 4.57 Å². The Morgan fingerprint density at radius 2 is 1.97 bits per heavy atom. The van der Waals surface area contributed by atoms with Crippen molar-refractivity contribution in [2.75, 3.05) is 26.2 Å². The van der Waals surface area contributed by atoms with Gasteiger partial charge in [0.15, 0.2) is 16.3 Å². The fourth-order valence-electron chi connectivity index (χ4n) is 2.78. The molecule has 3 aromatic rings. The third-order valence-electron chi connectivity index (χ3n) is 4.21. The number of nitro benzene ring substituents is 1. The fourth-order valence-corrected chi connectivity index (χ4v) is 4.21. The lowest BCUT2D eigenvalue weighted by Gasteiger charge is -2.09. The van der Waals surface area contributed by atoms with E-state index in [0.717, 1.165) is 16.0 Å². The summed E-state index contributed by atoms with van der Waals surface area (Å²) in [6.45, 7) is 0.650. The summed E-state index contributed by atoms with van der Waals surface area (Å²) in [5, 5.41) is 11.0. The van der Waals surface area contributed by atoms with E-state index in [-0.39, 0.29) is 11.3 Å². The summed E-state index contributed by atoms with van der Waals surface area (Å²) in [5.74, 6) is 1.48. The summed E-state index contributed by atoms with van der Waals surface area (Å²) in [6, 6.07) is 9.28. The Kier molecular flexibility index (Phi) is 6.55. The lowest BCUT2D eigenvalue weighted by Crippen LogP contribution is -2.18. The van der Waals surface area contributed by atoms with Crippen LogP contribution in [0.25, 0.3) is 10.2 Å². The molecule has 0 spiro atoms. The topological polar surface area (TPSA) is 96.0 Å². The molecule has 0 N–H and O–H groups in total. The second-order valence-corrected chi connectivity index (χ2v) is 7.92. The van der Waals surface area contributed by atoms with E-state index in [2.05, 4.69) is 4.99 Å². The maximum Gasteiger partial charge on any atom is 0.279 e. The van der Waals surface area contributed by atoms with Crippen molar-refractivity contribution in [3.05, 3.63) is 56.9 Å². The zero-order valence-corrected chi connectivity index (χ0v) is 17.7. The van der Waals surface area contributed by atoms with Crippen LogP contribution in [0.1, 0.15) is 10.4 Å². The predicted molar refractivity (Wildman–Crippen MR) is 114 cm³/mol. The van der Waals surface area contributed by atoms with Gasteiger partial charge in [-0.25, -0.2) is 0 Å². The monoisotopic (exact) mass is 433 g/mol. The van der Waals surface area contributed by atoms with Crippen LogP contribution in [0.4, 0.5) is 5.69 Å². The number of thioether (sulfide) groups is 1. The molecular weight excluding hydrogens is 414 g/mol. The third-order valence-corrected chi connectivity index (χ3v) is 5.84. The van der Waals surface area contributed by atoms with E-state index >= 15 is 0 Å². The molecule has 3 rings (SSSR count). The van der Waals surface area contributed by atoms with Gasteiger partial charge in [0, 0.05) is 42.1 Å². The average molecular weight is 434 g/mol. The van der Waals surface area contributed by atoms with E-state index in [1.165, 1.54) is 35.6 Å². The summed E-state index contributed by atoms with van der Waals surface area (Å²) in [4.78, 5) is 27.9. The summed E-state index contributed by atoms with van der Waals surface area (Å²) < 4.78 is 13.6. The van der Waals surface area contributed by atoms with E-state index in [1.54, 1.807) is 26.0 Å². The van der Waals surface area contributed by atoms with E-state index in [1.807, 2.05) is 23.0 Å². The minimum atomic E-state index is -0.534. The SMILES string of the molecule is COc1cc2sc(=NC(=O)c3cccc([N+](=O)[O-])c3)n(CCSC)c2cc1OC. The number of carbonyl (C=O) groups excluding carboxylic acids is 1. The predicted octanol–water partition coefficient (Wildman–Crippen LogP) is 3.73. The van der Waals surface area contributed by atoms with Crippen molar-refractivity contribution in [2.45, 2.75) is 6.54 Å². The number of non-ortho nitro benzene ring substituents is 1. The largest absolute Gasteiger partial charge is 0.493 e. The van der Waals surface area contributed by atoms with Gasteiger partial charge in [-0.05, 0) is 12.3 Å². The molecule has 2 aromatic carbocycles. The molecule has 29 heavy (non-hydrogen) atoms. The van der Waals surface area contributed by atoms with Crippen molar-refractivity contribution < 1.29 is 19.2 Å². The molecule has 1 aromatic heterocycles. The first-order valence-electron chi connectivity index (χ1n) is 8.56. The van der Waals surface area contributed by atoms with Crippen LogP contribution < -0.4 is 14.3 Å². The number of hydrogen-bond acceptors (Lipinski definition) is 7. The number of hydrogen-bond donors (Lipinski definition) is 0. The Morgan fingerprint density at radius 3 is 2.62 bits per heavy atom. The first-order chi connectivity index (χ1) is 14.0. The highest BCUT2D eigenvalue weighted by Gasteiger charge is 2.15. The number of methoxy groups -OCH3 is 2. The van der Waals surface area contributed by atoms with E-state index in [4.69, 9.17) is 9.47 Å². The zero-order valence-electron chi connectivity index (χ0n) is 16.1. The molecule has 0 saturated carbocycles. The molecule has 8 nitrogen and oxygen atoms in total. The number of thiazole rings is 1. The number of carbonyl (C=O) groups is 1. The van der Waals surface area contributed by atoms with E-state index in [0.29, 0.717) is 22.8 Å². The number of rotatable bonds is 7. The molecule has 0 bridgehead atoms. The molecule has 0 aliphatic rings. The van der Waals surface area contributed by atoms with Gasteiger partial charge < -0.3 is 14.0 Å². The van der Waals surface area contributed by atoms with Gasteiger partial charge in [0.1, 0.15) is 0 Å². The Labute approximate surface area is 174 Å². The minimum absolute atomic E-state index is 0.146. The number of aryl methyl sites for hydroxylation is 1. The van der Waals surface area contributed by atoms with Crippen LogP contribution in [0, 0.1) is 10.1 Å². The highest BCUT2D eigenvalue weighted by Crippen LogP contribution is 2.33. The molecule has 0 aliphatic carbocycles. The van der Waals surface area contributed by atoms with Gasteiger partial charge in [-0.1, -0.05) is 17.4 Å². The Hall–Kier alpha value is -2.85. The number of fused-ring (bicyclic) bond motifs is 1. The molecule has 0 fully saturated rings. The van der Waals surface area contributed by atoms with Crippen LogP contribution in [0.2, 0.25) is 0 Å². The normalized spacial score (nSPS) is 11.6. The number of benzene rings is 2. The van der Waals surface area contributed by atoms with Crippen molar-refractivity contribution in [3.63, 3.8) is 0 Å². The van der Waals surface area contributed by atoms with Gasteiger partial charge in [-0.15, -0.1) is 0 Å². The minimum Gasteiger partial charge on any atom is -0.493 e. The summed E-state index contributed by atoms with van der Waals surface area (Å²) in [5.41, 5.74) is 0.905. The van der Waals surface area contributed by atoms with Gasteiger partial charge >= 0.3 is 0 Å². The first-order valence-corrected chi connectivity index (χ1v) is 10.8. The molecular formula is C19H19N3O5S2. The molecule has 1 amide bonds. The van der Waals surface area contributed by atoms with Gasteiger partial charge in [-0.2, -0.15) is 16.8 Å². The van der Waals surface area contributed by atoms with Crippen LogP contribution in [0.5, 0.6) is 11.5 Å². The van der Waals surface area contributed by atoms with Gasteiger partial charge in [0.25, 0.3) is 11.6 Å². The number of nitro groups is 1. The number of aromatic nitrogens is 1. The maximum absolute atomic E-state index is 12.7. The zero-order chi connectivity index (χ0) is 21.0. The smallest absolute Gasteiger partial charge is 0.279 e. The Balaban J connectivity index is 2.15. The van der Waals surface area contributed by atoms with Crippen molar-refractivity contribution in [3.8, 4) is 11.5 Å². The lowest BCUT2D eigenvalue weighted by molar-refractivity contribution is -0.384. The van der Waals surface area contributed by atoms with Gasteiger partial charge in [0.05, 0.1) is 29.4 Å². The summed E-state index contributed by atoms with van der Waals surface area (Å²) in [6.07, 6.45) is 2.00. The Morgan fingerprint density at radius 1 is 1.24 bits per heavy atom. The standard InChI is InChI=1S/C19H19N3O5S2/c1-26-15-10-14-17(11-16(15)27-2)29-19(21(14)7-8-28-3)20-18(23)12-5-4-6-13(9-12)22(24)25/h4-6,9-11H,7-8H2,1-3H3. The summed E-state index contributed by atoms with van der Waals surface area (Å²) in [7, 11) is 3.13. The summed E-state index contributed by atoms with van der Waals surface area (Å²) >= 11 is 3.03. The molecule has 1 heterocycles. The van der Waals surface area contributed by atoms with Crippen molar-refractivity contribution >= 4 is 44.9 Å². The lowest BCUT2D eigenvalue weighted by atomic mass is 10.2. The second-order valence-electron chi connectivity index (χ2n) is 5.93. The van der Waals surface area contributed by atoms with Crippen LogP contribution in [-0.4, -0.2) is 41.6 Å². The fraction of sp³-hybridized carbons (Fsp3) is 0.263. The Bertz CT molecular complexity index is 1140. The van der Waals surface area contributed by atoms with Crippen LogP contribution in [0.15, 0.2) is 41.4 Å². The van der Waals surface area contributed by atoms with Crippen molar-refractivity contribution in [1.29, 1.82) is 0 Å². The number of ether oxygens (including phenoxy) is 2. The highest BCUT2D eigenvalue weighted by molar-refractivity contribution is 7.98. The highest BCUT2D eigenvalue weighted by atomic mass is 32.2. The second kappa shape index (κ2) is 9.10. The molecule has 0 atom stereocenters. The third kappa shape index (κ3) is 4.43. The molecule has 152 valence electrons. The number of amides is 1. The van der Waals surface area contributed by atoms with Crippen LogP contribution >= 0.6 is 23.1 Å². The number of nitrogens with zero attached hydrogens (tertiary/aromatic N) is 3. The van der Waals surface area contributed by atoms with Gasteiger partial charge in [0.2, 0.25) is 0 Å². The molecule has 0 unspecified atom stereocenters. The first kappa shape index (κ1) is 20.9. The van der Waals surface area contributed by atoms with Crippen LogP contribution in [0.3, 0.4) is 0 Å². The molecule has 10 heteroatoms. The van der Waals surface area contributed by atoms with E-state index < -0.39 is 10.8 Å². The van der Waals surface area contributed by atoms with Crippen LogP contribution in [-0.2, 0) is 6.54 Å². The van der Waals surface area contributed by atoms with Gasteiger partial charge in [-0.3, -0.25) is 14.9 Å². The van der Waals surface area contributed by atoms with Crippen molar-refractivity contribution in [2.24, 2.45) is 4.99 Å². The quantitative estimate of drug-likeness (QED) is 0.416. The van der Waals surface area contributed by atoms with E-state index in [9.17, 15) is 14.9 Å². The molecule has 0 radical (unpaired) electrons. The maximum atomic E-state index is 12.7. The average Bonchev–Trinajstić information content (AvgIpc) is 3.06.